The van der Waals surface area contributed by atoms with Crippen molar-refractivity contribution in [3.8, 4) is 0 Å². The lowest BCUT2D eigenvalue weighted by Gasteiger charge is -2.24. The summed E-state index contributed by atoms with van der Waals surface area (Å²) in [7, 11) is 0. The van der Waals surface area contributed by atoms with Gasteiger partial charge in [-0.15, -0.1) is 0 Å². The fraction of sp³-hybridized carbons (Fsp3) is 0.837. The van der Waals surface area contributed by atoms with Gasteiger partial charge in [-0.2, -0.15) is 0 Å². The number of nitrogens with one attached hydrogen (secondary N) is 1. The number of allylic oxidation sites excluding steroid dienone is 6. The topological polar surface area (TPSA) is 95.9 Å². The van der Waals surface area contributed by atoms with E-state index in [0.717, 1.165) is 77.0 Å². The van der Waals surface area contributed by atoms with Gasteiger partial charge >= 0.3 is 5.97 Å². The van der Waals surface area contributed by atoms with E-state index in [4.69, 9.17) is 4.74 Å². The van der Waals surface area contributed by atoms with E-state index in [2.05, 4.69) is 62.5 Å². The largest absolute Gasteiger partial charge is 0.462 e. The van der Waals surface area contributed by atoms with Crippen LogP contribution in [0.25, 0.3) is 0 Å². The summed E-state index contributed by atoms with van der Waals surface area (Å²) in [6.45, 7) is 6.42. The first-order valence-electron chi connectivity index (χ1n) is 23.7. The molecule has 3 N–H and O–H groups in total. The number of amides is 1. The van der Waals surface area contributed by atoms with Gasteiger partial charge in [0.05, 0.1) is 25.2 Å². The minimum atomic E-state index is -0.786. The van der Waals surface area contributed by atoms with E-state index in [1.54, 1.807) is 0 Å². The minimum Gasteiger partial charge on any atom is -0.462 e. The van der Waals surface area contributed by atoms with E-state index in [1.165, 1.54) is 116 Å². The van der Waals surface area contributed by atoms with Crippen molar-refractivity contribution in [2.45, 2.75) is 257 Å². The fourth-order valence-corrected chi connectivity index (χ4v) is 7.08. The number of rotatable bonds is 42. The Morgan fingerprint density at radius 3 is 1.44 bits per heavy atom. The van der Waals surface area contributed by atoms with Crippen LogP contribution in [0.4, 0.5) is 0 Å². The maximum atomic E-state index is 13.1. The van der Waals surface area contributed by atoms with E-state index in [1.807, 2.05) is 0 Å². The Kier molecular flexibility index (Phi) is 41.7. The molecule has 0 fully saturated rings. The Hall–Kier alpha value is -1.92. The number of carbonyl (C=O) groups is 2. The summed E-state index contributed by atoms with van der Waals surface area (Å²) in [4.78, 5) is 26.0. The lowest BCUT2D eigenvalue weighted by molar-refractivity contribution is -0.151. The summed E-state index contributed by atoms with van der Waals surface area (Å²) in [6, 6.07) is -0.700. The average Bonchev–Trinajstić information content (AvgIpc) is 3.18. The molecule has 6 heteroatoms. The number of carbonyl (C=O) groups excluding carboxylic acids is 2. The maximum Gasteiger partial charge on any atom is 0.306 e. The summed E-state index contributed by atoms with van der Waals surface area (Å²) >= 11 is 0. The van der Waals surface area contributed by atoms with Gasteiger partial charge in [0, 0.05) is 6.42 Å². The molecule has 0 aliphatic carbocycles. The molecule has 1 amide bonds. The zero-order chi connectivity index (χ0) is 40.3. The van der Waals surface area contributed by atoms with Gasteiger partial charge in [-0.25, -0.2) is 0 Å². The van der Waals surface area contributed by atoms with Crippen LogP contribution < -0.4 is 5.32 Å². The number of aliphatic hydroxyl groups excluding tert-OH is 2. The van der Waals surface area contributed by atoms with Crippen LogP contribution in [0.1, 0.15) is 239 Å². The average molecular weight is 774 g/mol. The van der Waals surface area contributed by atoms with E-state index in [0.29, 0.717) is 19.3 Å². The molecule has 0 aliphatic heterocycles. The van der Waals surface area contributed by atoms with Gasteiger partial charge in [0.1, 0.15) is 6.10 Å². The van der Waals surface area contributed by atoms with Crippen LogP contribution in [0.15, 0.2) is 36.5 Å². The van der Waals surface area contributed by atoms with Crippen molar-refractivity contribution in [3.63, 3.8) is 0 Å². The molecule has 0 rings (SSSR count). The van der Waals surface area contributed by atoms with E-state index >= 15 is 0 Å². The van der Waals surface area contributed by atoms with Gasteiger partial charge < -0.3 is 20.3 Å². The first-order valence-corrected chi connectivity index (χ1v) is 23.7. The number of aliphatic hydroxyl groups is 2. The molecular formula is C49H91NO5. The van der Waals surface area contributed by atoms with Gasteiger partial charge in [0.15, 0.2) is 0 Å². The molecule has 0 spiro atoms. The predicted octanol–water partition coefficient (Wildman–Crippen LogP) is 13.7. The zero-order valence-electron chi connectivity index (χ0n) is 36.6. The monoisotopic (exact) mass is 774 g/mol. The summed E-state index contributed by atoms with van der Waals surface area (Å²) in [5.41, 5.74) is 0. The van der Waals surface area contributed by atoms with Crippen molar-refractivity contribution in [1.82, 2.24) is 5.32 Å². The zero-order valence-corrected chi connectivity index (χ0v) is 36.6. The van der Waals surface area contributed by atoms with E-state index in [-0.39, 0.29) is 24.9 Å². The van der Waals surface area contributed by atoms with Crippen molar-refractivity contribution in [1.29, 1.82) is 0 Å². The SMILES string of the molecule is CCCCC/C=C\C/C=C\C/C=C\CCCCCCC(=O)OC(CCCCCCCCCCCC)CC(=O)NC(CO)C(O)CCCCCCCCCCC. The molecule has 0 heterocycles. The summed E-state index contributed by atoms with van der Waals surface area (Å²) in [6.07, 6.45) is 49.2. The van der Waals surface area contributed by atoms with Crippen molar-refractivity contribution in [2.75, 3.05) is 6.61 Å². The van der Waals surface area contributed by atoms with Crippen molar-refractivity contribution in [2.24, 2.45) is 0 Å². The molecule has 3 atom stereocenters. The maximum absolute atomic E-state index is 13.1. The number of hydrogen-bond acceptors (Lipinski definition) is 5. The molecule has 0 bridgehead atoms. The molecule has 0 aromatic heterocycles. The van der Waals surface area contributed by atoms with Crippen LogP contribution >= 0.6 is 0 Å². The molecule has 6 nitrogen and oxygen atoms in total. The molecule has 3 unspecified atom stereocenters. The van der Waals surface area contributed by atoms with Crippen LogP contribution in [0.5, 0.6) is 0 Å². The Labute approximate surface area is 341 Å². The third-order valence-electron chi connectivity index (χ3n) is 10.7. The Bertz CT molecular complexity index is 915. The molecule has 0 saturated heterocycles. The lowest BCUT2D eigenvalue weighted by atomic mass is 10.0. The Morgan fingerprint density at radius 1 is 0.527 bits per heavy atom. The highest BCUT2D eigenvalue weighted by atomic mass is 16.5. The number of unbranched alkanes of at least 4 members (excludes halogenated alkanes) is 24. The summed E-state index contributed by atoms with van der Waals surface area (Å²) in [5, 5.41) is 23.6. The second-order valence-corrected chi connectivity index (χ2v) is 16.2. The summed E-state index contributed by atoms with van der Waals surface area (Å²) < 4.78 is 5.90. The third-order valence-corrected chi connectivity index (χ3v) is 10.7. The molecule has 322 valence electrons. The van der Waals surface area contributed by atoms with Gasteiger partial charge in [-0.1, -0.05) is 198 Å². The van der Waals surface area contributed by atoms with Gasteiger partial charge in [-0.3, -0.25) is 9.59 Å². The van der Waals surface area contributed by atoms with Crippen molar-refractivity contribution in [3.05, 3.63) is 36.5 Å². The highest BCUT2D eigenvalue weighted by molar-refractivity contribution is 5.77. The molecule has 0 aromatic carbocycles. The smallest absolute Gasteiger partial charge is 0.306 e. The number of hydrogen-bond donors (Lipinski definition) is 3. The number of ether oxygens (including phenoxy) is 1. The normalized spacial score (nSPS) is 13.6. The molecule has 0 radical (unpaired) electrons. The molecule has 55 heavy (non-hydrogen) atoms. The first-order chi connectivity index (χ1) is 27.0. The summed E-state index contributed by atoms with van der Waals surface area (Å²) in [5.74, 6) is -0.496. The van der Waals surface area contributed by atoms with Crippen LogP contribution in [-0.4, -0.2) is 46.9 Å². The quantitative estimate of drug-likeness (QED) is 0.0326. The second-order valence-electron chi connectivity index (χ2n) is 16.2. The molecule has 0 aromatic rings. The highest BCUT2D eigenvalue weighted by Crippen LogP contribution is 2.17. The Morgan fingerprint density at radius 2 is 0.927 bits per heavy atom. The van der Waals surface area contributed by atoms with Crippen LogP contribution in [-0.2, 0) is 14.3 Å². The standard InChI is InChI=1S/C49H91NO5/c1-4-7-10-13-16-19-21-22-23-24-25-26-27-30-33-36-39-42-49(54)55-45(40-37-34-31-29-20-17-14-11-8-5-2)43-48(53)50-46(44-51)47(52)41-38-35-32-28-18-15-12-9-6-3/h16,19,22-23,25-26,45-47,51-52H,4-15,17-18,20-21,24,27-44H2,1-3H3,(H,50,53)/b19-16-,23-22-,26-25-. The molecular weight excluding hydrogens is 683 g/mol. The van der Waals surface area contributed by atoms with E-state index in [9.17, 15) is 19.8 Å². The van der Waals surface area contributed by atoms with Crippen LogP contribution in [0.3, 0.4) is 0 Å². The first kappa shape index (κ1) is 53.1. The van der Waals surface area contributed by atoms with Crippen molar-refractivity contribution < 1.29 is 24.5 Å². The second kappa shape index (κ2) is 43.2. The molecule has 0 saturated carbocycles. The Balaban J connectivity index is 4.55. The fourth-order valence-electron chi connectivity index (χ4n) is 7.08. The van der Waals surface area contributed by atoms with Gasteiger partial charge in [0.25, 0.3) is 0 Å². The minimum absolute atomic E-state index is 0.0711. The highest BCUT2D eigenvalue weighted by Gasteiger charge is 2.24. The third kappa shape index (κ3) is 38.7. The van der Waals surface area contributed by atoms with Crippen molar-refractivity contribution >= 4 is 11.9 Å². The van der Waals surface area contributed by atoms with Crippen LogP contribution in [0.2, 0.25) is 0 Å². The van der Waals surface area contributed by atoms with E-state index < -0.39 is 18.2 Å². The lowest BCUT2D eigenvalue weighted by Crippen LogP contribution is -2.46. The number of esters is 1. The van der Waals surface area contributed by atoms with Gasteiger partial charge in [-0.05, 0) is 64.2 Å². The van der Waals surface area contributed by atoms with Crippen LogP contribution in [0, 0.1) is 0 Å². The predicted molar refractivity (Wildman–Crippen MR) is 236 cm³/mol. The van der Waals surface area contributed by atoms with Gasteiger partial charge in [0.2, 0.25) is 5.91 Å². The molecule has 0 aliphatic rings.